The molecule has 184 valence electrons. The first kappa shape index (κ1) is 24.3. The Kier molecular flexibility index (Phi) is 7.71. The third kappa shape index (κ3) is 5.83. The number of H-pyrrole nitrogens is 1. The van der Waals surface area contributed by atoms with Crippen LogP contribution in [0.4, 0.5) is 0 Å². The van der Waals surface area contributed by atoms with E-state index in [2.05, 4.69) is 38.4 Å². The maximum absolute atomic E-state index is 13.0. The number of aromatic amines is 1. The smallest absolute Gasteiger partial charge is 0.327 e. The van der Waals surface area contributed by atoms with Gasteiger partial charge in [-0.2, -0.15) is 0 Å². The maximum Gasteiger partial charge on any atom is 0.327 e. The van der Waals surface area contributed by atoms with Crippen molar-refractivity contribution in [1.82, 2.24) is 30.1 Å². The molecule has 0 aliphatic carbocycles. The van der Waals surface area contributed by atoms with Crippen LogP contribution in [-0.4, -0.2) is 42.7 Å². The molecule has 1 aromatic carbocycles. The van der Waals surface area contributed by atoms with Crippen molar-refractivity contribution in [1.29, 1.82) is 0 Å². The van der Waals surface area contributed by atoms with Crippen LogP contribution in [0.15, 0.2) is 51.9 Å². The van der Waals surface area contributed by atoms with E-state index in [0.717, 1.165) is 28.6 Å². The zero-order chi connectivity index (χ0) is 24.8. The summed E-state index contributed by atoms with van der Waals surface area (Å²) >= 11 is 0. The summed E-state index contributed by atoms with van der Waals surface area (Å²) in [5.74, 6) is 0.887. The van der Waals surface area contributed by atoms with Gasteiger partial charge < -0.3 is 14.1 Å². The number of hydrogen-bond donors (Lipinski definition) is 1. The number of hydrogen-bond acceptors (Lipinski definition) is 8. The maximum atomic E-state index is 13.0. The van der Waals surface area contributed by atoms with Crippen LogP contribution in [0.1, 0.15) is 55.4 Å². The van der Waals surface area contributed by atoms with Crippen LogP contribution in [0.5, 0.6) is 0 Å². The molecule has 1 unspecified atom stereocenters. The lowest BCUT2D eigenvalue weighted by Crippen LogP contribution is -2.33. The zero-order valence-electron chi connectivity index (χ0n) is 20.2. The van der Waals surface area contributed by atoms with E-state index in [1.807, 2.05) is 37.3 Å². The third-order valence-corrected chi connectivity index (χ3v) is 5.83. The van der Waals surface area contributed by atoms with Crippen molar-refractivity contribution < 1.29 is 13.9 Å². The van der Waals surface area contributed by atoms with Gasteiger partial charge in [0.2, 0.25) is 0 Å². The highest BCUT2D eigenvalue weighted by molar-refractivity contribution is 5.79. The van der Waals surface area contributed by atoms with Gasteiger partial charge in [-0.3, -0.25) is 14.5 Å². The minimum atomic E-state index is -0.407. The van der Waals surface area contributed by atoms with Crippen molar-refractivity contribution in [2.45, 2.75) is 59.3 Å². The number of aromatic nitrogens is 5. The lowest BCUT2D eigenvalue weighted by molar-refractivity contribution is -0.144. The lowest BCUT2D eigenvalue weighted by atomic mass is 10.1. The Balaban J connectivity index is 1.72. The van der Waals surface area contributed by atoms with Gasteiger partial charge in [-0.15, -0.1) is 5.10 Å². The molecular weight excluding hydrogens is 448 g/mol. The molecule has 0 amide bonds. The Labute approximate surface area is 202 Å². The van der Waals surface area contributed by atoms with E-state index in [0.29, 0.717) is 30.9 Å². The average Bonchev–Trinajstić information content (AvgIpc) is 3.50. The van der Waals surface area contributed by atoms with E-state index in [1.165, 1.54) is 4.68 Å². The van der Waals surface area contributed by atoms with Gasteiger partial charge in [0.25, 0.3) is 5.56 Å². The molecule has 0 bridgehead atoms. The number of nitrogens with zero attached hydrogens (tertiary/aromatic N) is 5. The lowest BCUT2D eigenvalue weighted by Gasteiger charge is -2.30. The van der Waals surface area contributed by atoms with Crippen LogP contribution in [0.2, 0.25) is 0 Å². The molecule has 4 rings (SSSR count). The number of carbonyl (C=O) groups excluding carboxylic acids is 1. The zero-order valence-corrected chi connectivity index (χ0v) is 20.2. The Bertz CT molecular complexity index is 1330. The molecule has 3 aromatic heterocycles. The summed E-state index contributed by atoms with van der Waals surface area (Å²) in [7, 11) is 0. The number of furan rings is 1. The third-order valence-electron chi connectivity index (χ3n) is 5.83. The molecule has 10 heteroatoms. The van der Waals surface area contributed by atoms with Crippen molar-refractivity contribution in [2.24, 2.45) is 0 Å². The Hall–Kier alpha value is -3.79. The molecule has 10 nitrogen and oxygen atoms in total. The number of pyridine rings is 1. The van der Waals surface area contributed by atoms with Crippen LogP contribution < -0.4 is 5.56 Å². The van der Waals surface area contributed by atoms with Crippen molar-refractivity contribution in [3.63, 3.8) is 0 Å². The molecule has 0 aliphatic rings. The summed E-state index contributed by atoms with van der Waals surface area (Å²) in [6, 6.07) is 11.3. The van der Waals surface area contributed by atoms with Crippen LogP contribution in [-0.2, 0) is 29.2 Å². The molecule has 3 heterocycles. The van der Waals surface area contributed by atoms with Crippen LogP contribution in [0.3, 0.4) is 0 Å². The first-order valence-electron chi connectivity index (χ1n) is 11.8. The highest BCUT2D eigenvalue weighted by Crippen LogP contribution is 2.28. The summed E-state index contributed by atoms with van der Waals surface area (Å²) in [6.45, 7) is 6.83. The molecule has 0 spiro atoms. The molecular formula is C25H30N6O4. The SMILES string of the molecule is CCCC(c1nnnn1CC(=O)OCC)N(Cc1ccco1)Cc1cc2cc(C)ccc2[nH]c1=O. The Morgan fingerprint density at radius 3 is 2.83 bits per heavy atom. The fourth-order valence-electron chi connectivity index (χ4n) is 4.23. The summed E-state index contributed by atoms with van der Waals surface area (Å²) in [4.78, 5) is 30.2. The predicted molar refractivity (Wildman–Crippen MR) is 129 cm³/mol. The van der Waals surface area contributed by atoms with Crippen LogP contribution in [0.25, 0.3) is 10.9 Å². The molecule has 1 N–H and O–H groups in total. The van der Waals surface area contributed by atoms with E-state index in [4.69, 9.17) is 9.15 Å². The Morgan fingerprint density at radius 1 is 1.23 bits per heavy atom. The van der Waals surface area contributed by atoms with Gasteiger partial charge in [-0.1, -0.05) is 25.0 Å². The molecule has 0 fully saturated rings. The topological polar surface area (TPSA) is 119 Å². The van der Waals surface area contributed by atoms with Crippen molar-refractivity contribution in [2.75, 3.05) is 6.61 Å². The van der Waals surface area contributed by atoms with E-state index >= 15 is 0 Å². The normalized spacial score (nSPS) is 12.3. The molecule has 0 aliphatic heterocycles. The quantitative estimate of drug-likeness (QED) is 0.325. The standard InChI is InChI=1S/C25H30N6O4/c1-4-7-22(24-27-28-29-31(24)16-23(32)34-5-2)30(15-20-8-6-11-35-20)14-19-13-18-12-17(3)9-10-21(18)26-25(19)33/h6,8-13,22H,4-5,7,14-16H2,1-3H3,(H,26,33). The second kappa shape index (κ2) is 11.1. The largest absolute Gasteiger partial charge is 0.468 e. The molecule has 35 heavy (non-hydrogen) atoms. The van der Waals surface area contributed by atoms with E-state index in [1.54, 1.807) is 13.2 Å². The van der Waals surface area contributed by atoms with Gasteiger partial charge in [0.05, 0.1) is 25.5 Å². The minimum absolute atomic E-state index is 0.0825. The van der Waals surface area contributed by atoms with Gasteiger partial charge in [0.15, 0.2) is 5.82 Å². The average molecular weight is 479 g/mol. The predicted octanol–water partition coefficient (Wildman–Crippen LogP) is 3.52. The number of ether oxygens (including phenoxy) is 1. The first-order chi connectivity index (χ1) is 17.0. The number of rotatable bonds is 11. The van der Waals surface area contributed by atoms with Gasteiger partial charge in [-0.25, -0.2) is 4.68 Å². The molecule has 1 atom stereocenters. The van der Waals surface area contributed by atoms with Crippen LogP contribution >= 0.6 is 0 Å². The summed E-state index contributed by atoms with van der Waals surface area (Å²) < 4.78 is 12.2. The second-order valence-electron chi connectivity index (χ2n) is 8.50. The van der Waals surface area contributed by atoms with Gasteiger partial charge in [-0.05, 0) is 66.4 Å². The number of tetrazole rings is 1. The summed E-state index contributed by atoms with van der Waals surface area (Å²) in [5.41, 5.74) is 2.39. The summed E-state index contributed by atoms with van der Waals surface area (Å²) in [5, 5.41) is 13.1. The number of fused-ring (bicyclic) bond motifs is 1. The molecule has 0 saturated carbocycles. The highest BCUT2D eigenvalue weighted by atomic mass is 16.5. The number of nitrogens with one attached hydrogen (secondary N) is 1. The highest BCUT2D eigenvalue weighted by Gasteiger charge is 2.28. The number of esters is 1. The van der Waals surface area contributed by atoms with Crippen LogP contribution in [0, 0.1) is 6.92 Å². The van der Waals surface area contributed by atoms with Crippen molar-refractivity contribution >= 4 is 16.9 Å². The molecule has 4 aromatic rings. The minimum Gasteiger partial charge on any atom is -0.468 e. The summed E-state index contributed by atoms with van der Waals surface area (Å²) in [6.07, 6.45) is 3.19. The Morgan fingerprint density at radius 2 is 2.09 bits per heavy atom. The second-order valence-corrected chi connectivity index (χ2v) is 8.50. The number of benzene rings is 1. The fraction of sp³-hybridized carbons (Fsp3) is 0.400. The monoisotopic (exact) mass is 478 g/mol. The fourth-order valence-corrected chi connectivity index (χ4v) is 4.23. The molecule has 0 radical (unpaired) electrons. The number of aryl methyl sites for hydroxylation is 1. The van der Waals surface area contributed by atoms with Crippen molar-refractivity contribution in [3.8, 4) is 0 Å². The van der Waals surface area contributed by atoms with E-state index in [9.17, 15) is 9.59 Å². The van der Waals surface area contributed by atoms with Gasteiger partial charge in [0.1, 0.15) is 12.3 Å². The van der Waals surface area contributed by atoms with Gasteiger partial charge in [0, 0.05) is 17.6 Å². The number of carbonyl (C=O) groups is 1. The van der Waals surface area contributed by atoms with Crippen molar-refractivity contribution in [3.05, 3.63) is 75.7 Å². The molecule has 0 saturated heterocycles. The van der Waals surface area contributed by atoms with E-state index < -0.39 is 5.97 Å². The van der Waals surface area contributed by atoms with Gasteiger partial charge >= 0.3 is 5.97 Å². The first-order valence-corrected chi connectivity index (χ1v) is 11.8. The van der Waals surface area contributed by atoms with E-state index in [-0.39, 0.29) is 24.8 Å².